The number of hydrogen-bond donors (Lipinski definition) is 1. The third-order valence-corrected chi connectivity index (χ3v) is 6.88. The number of sulfonamides is 1. The summed E-state index contributed by atoms with van der Waals surface area (Å²) in [6.07, 6.45) is 0.962. The highest BCUT2D eigenvalue weighted by molar-refractivity contribution is 7.90. The number of nitrogens with one attached hydrogen (secondary N) is 1. The molecule has 0 aliphatic heterocycles. The van der Waals surface area contributed by atoms with Gasteiger partial charge in [0.2, 0.25) is 10.0 Å². The van der Waals surface area contributed by atoms with Crippen molar-refractivity contribution in [2.75, 3.05) is 19.7 Å². The first-order valence-corrected chi connectivity index (χ1v) is 12.2. The summed E-state index contributed by atoms with van der Waals surface area (Å²) in [6.45, 7) is 20.9. The van der Waals surface area contributed by atoms with E-state index in [0.29, 0.717) is 13.2 Å². The number of nitrogens with zero attached hydrogens (tertiary/aromatic N) is 1. The van der Waals surface area contributed by atoms with E-state index >= 15 is 0 Å². The van der Waals surface area contributed by atoms with Gasteiger partial charge in [-0.15, -0.1) is 0 Å². The van der Waals surface area contributed by atoms with Crippen LogP contribution in [0.3, 0.4) is 0 Å². The lowest BCUT2D eigenvalue weighted by Crippen LogP contribution is -2.53. The predicted octanol–water partition coefficient (Wildman–Crippen LogP) is 6.06. The molecule has 0 spiro atoms. The Morgan fingerprint density at radius 3 is 1.84 bits per heavy atom. The van der Waals surface area contributed by atoms with Crippen molar-refractivity contribution in [3.63, 3.8) is 0 Å². The van der Waals surface area contributed by atoms with Crippen molar-refractivity contribution < 1.29 is 13.2 Å². The zero-order valence-corrected chi connectivity index (χ0v) is 20.7. The fourth-order valence-electron chi connectivity index (χ4n) is 3.51. The molecule has 0 saturated heterocycles. The van der Waals surface area contributed by atoms with Crippen molar-refractivity contribution in [2.45, 2.75) is 106 Å². The molecule has 5 nitrogen and oxygen atoms in total. The number of benzene rings is 1. The average Bonchev–Trinajstić information content (AvgIpc) is 2.57. The highest BCUT2D eigenvalue weighted by atomic mass is 32.2. The van der Waals surface area contributed by atoms with Crippen molar-refractivity contribution in [1.29, 1.82) is 0 Å². The Hall–Kier alpha value is -1.11. The second-order valence-corrected chi connectivity index (χ2v) is 12.4. The van der Waals surface area contributed by atoms with Crippen molar-refractivity contribution in [3.8, 4) is 5.75 Å². The maximum absolute atomic E-state index is 11.9. The molecule has 0 bridgehead atoms. The van der Waals surface area contributed by atoms with Gasteiger partial charge in [-0.2, -0.15) is 0 Å². The van der Waals surface area contributed by atoms with Crippen LogP contribution in [0.4, 0.5) is 0 Å². The van der Waals surface area contributed by atoms with Crippen molar-refractivity contribution in [1.82, 2.24) is 9.62 Å². The van der Waals surface area contributed by atoms with Gasteiger partial charge in [0.15, 0.2) is 0 Å². The Kier molecular flexibility index (Phi) is 13.2. The lowest BCUT2D eigenvalue weighted by molar-refractivity contribution is 0.0337. The molecule has 1 atom stereocenters. The smallest absolute Gasteiger partial charge is 0.213 e. The fourth-order valence-corrected chi connectivity index (χ4v) is 4.32. The van der Waals surface area contributed by atoms with E-state index in [1.54, 1.807) is 13.8 Å². The molecule has 31 heavy (non-hydrogen) atoms. The Morgan fingerprint density at radius 1 is 0.935 bits per heavy atom. The van der Waals surface area contributed by atoms with Gasteiger partial charge in [0, 0.05) is 24.2 Å². The van der Waals surface area contributed by atoms with Gasteiger partial charge in [-0.1, -0.05) is 33.9 Å². The van der Waals surface area contributed by atoms with E-state index in [1.165, 1.54) is 0 Å². The first kappa shape index (κ1) is 32.1. The van der Waals surface area contributed by atoms with Crippen LogP contribution in [0.1, 0.15) is 95.1 Å². The first-order chi connectivity index (χ1) is 13.1. The molecule has 0 radical (unpaired) electrons. The molecule has 0 aliphatic carbocycles. The Bertz CT molecular complexity index is 701. The van der Waals surface area contributed by atoms with Crippen LogP contribution in [-0.4, -0.2) is 49.3 Å². The minimum atomic E-state index is -3.23. The van der Waals surface area contributed by atoms with Gasteiger partial charge in [-0.05, 0) is 85.4 Å². The molecule has 0 fully saturated rings. The van der Waals surface area contributed by atoms with Crippen LogP contribution in [0, 0.1) is 0 Å². The summed E-state index contributed by atoms with van der Waals surface area (Å²) in [6, 6.07) is 7.96. The SMILES string of the molecule is C.C.CC(CNS(=O)(=O)C(C)C)c1ccc(OCCCN(C(C)(C)C)C(C)(C)C)cc1. The minimum absolute atomic E-state index is 0. The van der Waals surface area contributed by atoms with Gasteiger partial charge in [-0.3, -0.25) is 4.90 Å². The monoisotopic (exact) mass is 458 g/mol. The van der Waals surface area contributed by atoms with E-state index in [2.05, 4.69) is 51.2 Å². The topological polar surface area (TPSA) is 58.6 Å². The lowest BCUT2D eigenvalue weighted by Gasteiger charge is -2.45. The summed E-state index contributed by atoms with van der Waals surface area (Å²) in [5, 5.41) is -0.419. The third-order valence-electron chi connectivity index (χ3n) is 5.07. The third kappa shape index (κ3) is 10.8. The molecule has 0 aliphatic rings. The summed E-state index contributed by atoms with van der Waals surface area (Å²) in [4.78, 5) is 2.51. The number of rotatable bonds is 10. The Balaban J connectivity index is 0. The zero-order chi connectivity index (χ0) is 22.5. The van der Waals surface area contributed by atoms with Gasteiger partial charge in [-0.25, -0.2) is 13.1 Å². The fraction of sp³-hybridized carbons (Fsp3) is 0.760. The maximum Gasteiger partial charge on any atom is 0.213 e. The molecular formula is C25H50N2O3S. The van der Waals surface area contributed by atoms with Crippen LogP contribution in [0.25, 0.3) is 0 Å². The second-order valence-electron chi connectivity index (χ2n) is 10.1. The maximum atomic E-state index is 11.9. The molecule has 1 N–H and O–H groups in total. The molecule has 0 aromatic heterocycles. The first-order valence-electron chi connectivity index (χ1n) is 10.6. The summed E-state index contributed by atoms with van der Waals surface area (Å²) < 4.78 is 32.4. The summed E-state index contributed by atoms with van der Waals surface area (Å²) >= 11 is 0. The highest BCUT2D eigenvalue weighted by Gasteiger charge is 2.30. The van der Waals surface area contributed by atoms with Gasteiger partial charge >= 0.3 is 0 Å². The van der Waals surface area contributed by atoms with E-state index < -0.39 is 15.3 Å². The van der Waals surface area contributed by atoms with Crippen LogP contribution in [0.15, 0.2) is 24.3 Å². The van der Waals surface area contributed by atoms with E-state index in [1.807, 2.05) is 31.2 Å². The summed E-state index contributed by atoms with van der Waals surface area (Å²) in [5.41, 5.74) is 1.33. The predicted molar refractivity (Wildman–Crippen MR) is 137 cm³/mol. The van der Waals surface area contributed by atoms with Crippen molar-refractivity contribution in [3.05, 3.63) is 29.8 Å². The van der Waals surface area contributed by atoms with E-state index in [0.717, 1.165) is 24.3 Å². The van der Waals surface area contributed by atoms with Crippen LogP contribution in [0.5, 0.6) is 5.75 Å². The number of ether oxygens (including phenoxy) is 1. The van der Waals surface area contributed by atoms with Gasteiger partial charge in [0.05, 0.1) is 11.9 Å². The standard InChI is InChI=1S/C23H42N2O3S.2CH4/c1-18(2)29(26,27)24-17-19(3)20-11-13-21(14-12-20)28-16-10-15-25(22(4,5)6)23(7,8)9;;/h11-14,18-19,24H,10,15-17H2,1-9H3;2*1H4. The molecular weight excluding hydrogens is 408 g/mol. The molecule has 1 rings (SSSR count). The molecule has 0 amide bonds. The highest BCUT2D eigenvalue weighted by Crippen LogP contribution is 2.25. The van der Waals surface area contributed by atoms with Gasteiger partial charge in [0.1, 0.15) is 5.75 Å². The summed E-state index contributed by atoms with van der Waals surface area (Å²) in [7, 11) is -3.23. The van der Waals surface area contributed by atoms with E-state index in [-0.39, 0.29) is 31.8 Å². The second kappa shape index (κ2) is 12.8. The quantitative estimate of drug-likeness (QED) is 0.433. The minimum Gasteiger partial charge on any atom is -0.494 e. The average molecular weight is 459 g/mol. The Labute approximate surface area is 194 Å². The van der Waals surface area contributed by atoms with Crippen LogP contribution < -0.4 is 9.46 Å². The Morgan fingerprint density at radius 2 is 1.42 bits per heavy atom. The molecule has 0 saturated carbocycles. The molecule has 1 unspecified atom stereocenters. The molecule has 6 heteroatoms. The molecule has 184 valence electrons. The number of hydrogen-bond acceptors (Lipinski definition) is 4. The van der Waals surface area contributed by atoms with Gasteiger partial charge < -0.3 is 4.74 Å². The lowest BCUT2D eigenvalue weighted by atomic mass is 9.96. The largest absolute Gasteiger partial charge is 0.494 e. The van der Waals surface area contributed by atoms with Gasteiger partial charge in [0.25, 0.3) is 0 Å². The van der Waals surface area contributed by atoms with Crippen molar-refractivity contribution >= 4 is 10.0 Å². The van der Waals surface area contributed by atoms with Crippen LogP contribution in [-0.2, 0) is 10.0 Å². The molecule has 1 aromatic rings. The normalized spacial score (nSPS) is 13.5. The van der Waals surface area contributed by atoms with E-state index in [9.17, 15) is 8.42 Å². The summed E-state index contributed by atoms with van der Waals surface area (Å²) in [5.74, 6) is 0.950. The molecule has 0 heterocycles. The van der Waals surface area contributed by atoms with Crippen LogP contribution >= 0.6 is 0 Å². The van der Waals surface area contributed by atoms with Crippen molar-refractivity contribution in [2.24, 2.45) is 0 Å². The van der Waals surface area contributed by atoms with Crippen LogP contribution in [0.2, 0.25) is 0 Å². The van der Waals surface area contributed by atoms with E-state index in [4.69, 9.17) is 4.74 Å². The zero-order valence-electron chi connectivity index (χ0n) is 19.9. The molecule has 1 aromatic carbocycles.